The van der Waals surface area contributed by atoms with E-state index in [1.165, 1.54) is 12.8 Å². The third-order valence-corrected chi connectivity index (χ3v) is 5.08. The number of hydrogen-bond donors (Lipinski definition) is 0. The van der Waals surface area contributed by atoms with Gasteiger partial charge in [0, 0.05) is 32.0 Å². The molecule has 0 unspecified atom stereocenters. The van der Waals surface area contributed by atoms with Crippen LogP contribution >= 0.6 is 0 Å². The Labute approximate surface area is 141 Å². The van der Waals surface area contributed by atoms with Gasteiger partial charge in [-0.3, -0.25) is 9.80 Å². The standard InChI is InChI=1S/C16H24N6O2/c1-10(16-18-15(20-24-16)12-4-5-12)22-7-6-13(8-22)21(3)9-14-17-11(2)23-19-14/h10,12-13H,4-9H2,1-3H3/t10-,13-/m0/s1. The quantitative estimate of drug-likeness (QED) is 0.793. The average Bonchev–Trinajstić information content (AvgIpc) is 3.00. The first kappa shape index (κ1) is 15.7. The summed E-state index contributed by atoms with van der Waals surface area (Å²) in [5.41, 5.74) is 0. The van der Waals surface area contributed by atoms with E-state index in [4.69, 9.17) is 9.05 Å². The molecule has 0 radical (unpaired) electrons. The number of hydrogen-bond acceptors (Lipinski definition) is 8. The van der Waals surface area contributed by atoms with Gasteiger partial charge in [-0.05, 0) is 33.2 Å². The van der Waals surface area contributed by atoms with E-state index in [0.717, 1.165) is 37.0 Å². The molecule has 2 aromatic heterocycles. The minimum Gasteiger partial charge on any atom is -0.340 e. The van der Waals surface area contributed by atoms with Gasteiger partial charge in [0.1, 0.15) is 0 Å². The third-order valence-electron chi connectivity index (χ3n) is 5.08. The first-order valence-corrected chi connectivity index (χ1v) is 8.67. The van der Waals surface area contributed by atoms with Crippen LogP contribution in [0.3, 0.4) is 0 Å². The number of rotatable bonds is 6. The normalized spacial score (nSPS) is 23.2. The monoisotopic (exact) mass is 332 g/mol. The molecule has 8 nitrogen and oxygen atoms in total. The zero-order valence-corrected chi connectivity index (χ0v) is 14.5. The molecule has 3 heterocycles. The minimum atomic E-state index is 0.163. The van der Waals surface area contributed by atoms with Crippen LogP contribution in [-0.2, 0) is 6.54 Å². The smallest absolute Gasteiger partial charge is 0.243 e. The zero-order valence-electron chi connectivity index (χ0n) is 14.5. The number of nitrogens with zero attached hydrogens (tertiary/aromatic N) is 6. The van der Waals surface area contributed by atoms with E-state index < -0.39 is 0 Å². The van der Waals surface area contributed by atoms with Gasteiger partial charge in [-0.15, -0.1) is 0 Å². The number of likely N-dealkylation sites (tertiary alicyclic amines) is 1. The molecule has 1 aliphatic heterocycles. The summed E-state index contributed by atoms with van der Waals surface area (Å²) in [7, 11) is 2.11. The van der Waals surface area contributed by atoms with Gasteiger partial charge in [-0.2, -0.15) is 9.97 Å². The Bertz CT molecular complexity index is 694. The van der Waals surface area contributed by atoms with Gasteiger partial charge < -0.3 is 9.05 Å². The number of aromatic nitrogens is 4. The summed E-state index contributed by atoms with van der Waals surface area (Å²) in [4.78, 5) is 13.6. The molecule has 0 spiro atoms. The van der Waals surface area contributed by atoms with Crippen LogP contribution in [-0.4, -0.2) is 56.3 Å². The lowest BCUT2D eigenvalue weighted by atomic mass is 10.2. The van der Waals surface area contributed by atoms with Crippen LogP contribution < -0.4 is 0 Å². The van der Waals surface area contributed by atoms with E-state index in [-0.39, 0.29) is 6.04 Å². The van der Waals surface area contributed by atoms with Crippen molar-refractivity contribution in [2.24, 2.45) is 0 Å². The topological polar surface area (TPSA) is 84.3 Å². The molecule has 2 aromatic rings. The molecule has 130 valence electrons. The molecule has 4 rings (SSSR count). The van der Waals surface area contributed by atoms with Crippen molar-refractivity contribution < 1.29 is 9.05 Å². The highest BCUT2D eigenvalue weighted by molar-refractivity contribution is 5.05. The van der Waals surface area contributed by atoms with Crippen molar-refractivity contribution in [1.82, 2.24) is 30.1 Å². The van der Waals surface area contributed by atoms with Crippen LogP contribution in [0, 0.1) is 6.92 Å². The van der Waals surface area contributed by atoms with E-state index >= 15 is 0 Å². The Balaban J connectivity index is 1.34. The molecule has 2 aliphatic rings. The highest BCUT2D eigenvalue weighted by Crippen LogP contribution is 2.38. The minimum absolute atomic E-state index is 0.163. The van der Waals surface area contributed by atoms with E-state index in [0.29, 0.717) is 24.4 Å². The van der Waals surface area contributed by atoms with Gasteiger partial charge in [-0.1, -0.05) is 10.3 Å². The molecule has 0 N–H and O–H groups in total. The Morgan fingerprint density at radius 3 is 2.75 bits per heavy atom. The summed E-state index contributed by atoms with van der Waals surface area (Å²) < 4.78 is 10.5. The predicted molar refractivity (Wildman–Crippen MR) is 85.2 cm³/mol. The molecule has 2 fully saturated rings. The molecule has 1 saturated carbocycles. The van der Waals surface area contributed by atoms with Crippen LogP contribution in [0.4, 0.5) is 0 Å². The Morgan fingerprint density at radius 1 is 1.21 bits per heavy atom. The van der Waals surface area contributed by atoms with Gasteiger partial charge in [0.25, 0.3) is 0 Å². The summed E-state index contributed by atoms with van der Waals surface area (Å²) in [6.45, 7) is 6.68. The first-order chi connectivity index (χ1) is 11.6. The van der Waals surface area contributed by atoms with Crippen molar-refractivity contribution in [3.05, 3.63) is 23.4 Å². The predicted octanol–water partition coefficient (Wildman–Crippen LogP) is 1.91. The maximum absolute atomic E-state index is 5.49. The molecule has 1 aliphatic carbocycles. The van der Waals surface area contributed by atoms with Gasteiger partial charge in [-0.25, -0.2) is 0 Å². The summed E-state index contributed by atoms with van der Waals surface area (Å²) in [5, 5.41) is 8.11. The van der Waals surface area contributed by atoms with Crippen LogP contribution in [0.5, 0.6) is 0 Å². The maximum Gasteiger partial charge on any atom is 0.243 e. The fourth-order valence-corrected chi connectivity index (χ4v) is 3.32. The van der Waals surface area contributed by atoms with E-state index in [1.54, 1.807) is 0 Å². The summed E-state index contributed by atoms with van der Waals surface area (Å²) in [6, 6.07) is 0.632. The molecule has 0 bridgehead atoms. The fraction of sp³-hybridized carbons (Fsp3) is 0.750. The van der Waals surface area contributed by atoms with Gasteiger partial charge in [0.05, 0.1) is 12.6 Å². The molecular weight excluding hydrogens is 308 g/mol. The van der Waals surface area contributed by atoms with Gasteiger partial charge in [0.15, 0.2) is 11.6 Å². The zero-order chi connectivity index (χ0) is 16.7. The van der Waals surface area contributed by atoms with Crippen molar-refractivity contribution in [3.63, 3.8) is 0 Å². The Hall–Kier alpha value is -1.80. The van der Waals surface area contributed by atoms with E-state index in [9.17, 15) is 0 Å². The number of likely N-dealkylation sites (N-methyl/N-ethyl adjacent to an activating group) is 1. The van der Waals surface area contributed by atoms with Crippen molar-refractivity contribution in [1.29, 1.82) is 0 Å². The van der Waals surface area contributed by atoms with Crippen LogP contribution in [0.1, 0.15) is 61.6 Å². The molecular formula is C16H24N6O2. The lowest BCUT2D eigenvalue weighted by molar-refractivity contribution is 0.177. The summed E-state index contributed by atoms with van der Waals surface area (Å²) >= 11 is 0. The first-order valence-electron chi connectivity index (χ1n) is 8.67. The second-order valence-corrected chi connectivity index (χ2v) is 7.02. The van der Waals surface area contributed by atoms with Crippen molar-refractivity contribution >= 4 is 0 Å². The summed E-state index contributed by atoms with van der Waals surface area (Å²) in [5.74, 6) is 3.52. The van der Waals surface area contributed by atoms with Gasteiger partial charge in [0.2, 0.25) is 11.8 Å². The second-order valence-electron chi connectivity index (χ2n) is 7.02. The fourth-order valence-electron chi connectivity index (χ4n) is 3.32. The van der Waals surface area contributed by atoms with E-state index in [2.05, 4.69) is 44.1 Å². The molecule has 24 heavy (non-hydrogen) atoms. The van der Waals surface area contributed by atoms with Crippen LogP contribution in [0.25, 0.3) is 0 Å². The third kappa shape index (κ3) is 3.21. The Morgan fingerprint density at radius 2 is 2.04 bits per heavy atom. The van der Waals surface area contributed by atoms with Crippen molar-refractivity contribution in [2.75, 3.05) is 20.1 Å². The highest BCUT2D eigenvalue weighted by atomic mass is 16.5. The maximum atomic E-state index is 5.49. The molecule has 1 saturated heterocycles. The van der Waals surface area contributed by atoms with Crippen LogP contribution in [0.15, 0.2) is 9.05 Å². The molecule has 0 aromatic carbocycles. The lowest BCUT2D eigenvalue weighted by Gasteiger charge is -2.25. The average molecular weight is 332 g/mol. The summed E-state index contributed by atoms with van der Waals surface area (Å²) in [6.07, 6.45) is 3.50. The van der Waals surface area contributed by atoms with Crippen LogP contribution in [0.2, 0.25) is 0 Å². The van der Waals surface area contributed by atoms with E-state index in [1.807, 2.05) is 6.92 Å². The van der Waals surface area contributed by atoms with Gasteiger partial charge >= 0.3 is 0 Å². The Kier molecular flexibility index (Phi) is 4.09. The molecule has 0 amide bonds. The molecule has 8 heteroatoms. The van der Waals surface area contributed by atoms with Crippen molar-refractivity contribution in [2.45, 2.75) is 57.7 Å². The second kappa shape index (κ2) is 6.25. The van der Waals surface area contributed by atoms with Crippen molar-refractivity contribution in [3.8, 4) is 0 Å². The lowest BCUT2D eigenvalue weighted by Crippen LogP contribution is -2.35. The molecule has 2 atom stereocenters. The highest BCUT2D eigenvalue weighted by Gasteiger charge is 2.34. The number of aryl methyl sites for hydroxylation is 1. The SMILES string of the molecule is Cc1nc(CN(C)[C@H]2CCN([C@@H](C)c3nc(C4CC4)no3)C2)no1. The largest absolute Gasteiger partial charge is 0.340 e.